The van der Waals surface area contributed by atoms with Crippen molar-refractivity contribution < 1.29 is 19.4 Å². The van der Waals surface area contributed by atoms with E-state index in [1.54, 1.807) is 10.9 Å². The van der Waals surface area contributed by atoms with Crippen molar-refractivity contribution in [1.29, 1.82) is 0 Å². The number of carboxylic acid groups (broad SMARTS) is 1. The van der Waals surface area contributed by atoms with Crippen LogP contribution in [0.15, 0.2) is 24.4 Å². The maximum Gasteiger partial charge on any atom is 0.316 e. The fourth-order valence-corrected chi connectivity index (χ4v) is 4.36. The topological polar surface area (TPSA) is 125 Å². The van der Waals surface area contributed by atoms with Gasteiger partial charge in [0.25, 0.3) is 0 Å². The van der Waals surface area contributed by atoms with Crippen LogP contribution in [0.2, 0.25) is 0 Å². The van der Waals surface area contributed by atoms with Gasteiger partial charge in [0.15, 0.2) is 0 Å². The minimum atomic E-state index is -0.749. The van der Waals surface area contributed by atoms with Gasteiger partial charge >= 0.3 is 12.0 Å². The molecule has 5 rings (SSSR count). The summed E-state index contributed by atoms with van der Waals surface area (Å²) in [5, 5.41) is 17.8. The molecule has 2 atom stereocenters. The first-order valence-electron chi connectivity index (χ1n) is 11.7. The Kier molecular flexibility index (Phi) is 6.12. The Morgan fingerprint density at radius 2 is 2.03 bits per heavy atom. The molecule has 2 aliphatic rings. The van der Waals surface area contributed by atoms with Crippen LogP contribution in [0.25, 0.3) is 11.4 Å². The van der Waals surface area contributed by atoms with E-state index in [2.05, 4.69) is 20.3 Å². The van der Waals surface area contributed by atoms with E-state index in [4.69, 9.17) is 14.5 Å². The van der Waals surface area contributed by atoms with Gasteiger partial charge in [-0.2, -0.15) is 4.98 Å². The number of rotatable bonds is 8. The van der Waals surface area contributed by atoms with Gasteiger partial charge in [-0.1, -0.05) is 5.21 Å². The third-order valence-corrected chi connectivity index (χ3v) is 6.48. The molecule has 0 spiro atoms. The van der Waals surface area contributed by atoms with E-state index < -0.39 is 5.97 Å². The largest absolute Gasteiger partial charge is 0.489 e. The number of carboxylic acids is 1. The molecule has 0 radical (unpaired) electrons. The number of hydrogen-bond acceptors (Lipinski definition) is 8. The highest BCUT2D eigenvalue weighted by molar-refractivity contribution is 5.70. The van der Waals surface area contributed by atoms with Crippen molar-refractivity contribution in [2.75, 3.05) is 0 Å². The lowest BCUT2D eigenvalue weighted by atomic mass is 9.87. The number of nitrogens with zero attached hydrogens (tertiary/aromatic N) is 6. The van der Waals surface area contributed by atoms with E-state index in [0.717, 1.165) is 37.1 Å². The van der Waals surface area contributed by atoms with E-state index in [1.165, 1.54) is 0 Å². The van der Waals surface area contributed by atoms with Crippen LogP contribution in [0.4, 0.5) is 0 Å². The standard InChI is InChI=1S/C24H28N6O4/c1-14-21(34-17-5-3-4-16(12-17)23(31)32)9-8-19(26-14)22-20(30(2)29-28-22)13-33-24-25-11-10-18(27-24)15-6-7-15/h8-11,15-17H,3-7,12-13H2,1-2H3,(H,31,32)/t16-,17-/m0/s1. The molecule has 178 valence electrons. The van der Waals surface area contributed by atoms with Gasteiger partial charge in [0.2, 0.25) is 0 Å². The maximum atomic E-state index is 11.3. The lowest BCUT2D eigenvalue weighted by Crippen LogP contribution is -2.29. The molecular formula is C24H28N6O4. The summed E-state index contributed by atoms with van der Waals surface area (Å²) in [6.45, 7) is 2.09. The molecule has 2 aliphatic carbocycles. The monoisotopic (exact) mass is 464 g/mol. The van der Waals surface area contributed by atoms with Gasteiger partial charge in [-0.05, 0) is 63.6 Å². The molecule has 0 bridgehead atoms. The molecule has 2 fully saturated rings. The molecule has 10 heteroatoms. The van der Waals surface area contributed by atoms with Crippen molar-refractivity contribution in [1.82, 2.24) is 29.9 Å². The van der Waals surface area contributed by atoms with E-state index in [9.17, 15) is 9.90 Å². The Morgan fingerprint density at radius 3 is 2.79 bits per heavy atom. The summed E-state index contributed by atoms with van der Waals surface area (Å²) in [7, 11) is 1.81. The summed E-state index contributed by atoms with van der Waals surface area (Å²) in [6.07, 6.45) is 6.87. The summed E-state index contributed by atoms with van der Waals surface area (Å²) in [5.74, 6) is 0.0885. The minimum absolute atomic E-state index is 0.118. The van der Waals surface area contributed by atoms with Crippen LogP contribution in [0, 0.1) is 12.8 Å². The Bertz CT molecular complexity index is 1190. The second-order valence-corrected chi connectivity index (χ2v) is 9.06. The summed E-state index contributed by atoms with van der Waals surface area (Å²) in [5.41, 5.74) is 3.79. The molecule has 0 saturated heterocycles. The first kappa shape index (κ1) is 22.2. The molecule has 34 heavy (non-hydrogen) atoms. The molecule has 10 nitrogen and oxygen atoms in total. The highest BCUT2D eigenvalue weighted by atomic mass is 16.5. The van der Waals surface area contributed by atoms with Crippen LogP contribution in [0.3, 0.4) is 0 Å². The van der Waals surface area contributed by atoms with Crippen LogP contribution < -0.4 is 9.47 Å². The summed E-state index contributed by atoms with van der Waals surface area (Å²) < 4.78 is 13.7. The highest BCUT2D eigenvalue weighted by Gasteiger charge is 2.29. The molecule has 0 aliphatic heterocycles. The van der Waals surface area contributed by atoms with Crippen molar-refractivity contribution in [2.45, 2.75) is 64.1 Å². The summed E-state index contributed by atoms with van der Waals surface area (Å²) in [4.78, 5) is 24.8. The van der Waals surface area contributed by atoms with Gasteiger partial charge in [0.1, 0.15) is 23.7 Å². The molecule has 0 aromatic carbocycles. The fourth-order valence-electron chi connectivity index (χ4n) is 4.36. The predicted octanol–water partition coefficient (Wildman–Crippen LogP) is 3.45. The predicted molar refractivity (Wildman–Crippen MR) is 121 cm³/mol. The van der Waals surface area contributed by atoms with E-state index in [0.29, 0.717) is 47.6 Å². The van der Waals surface area contributed by atoms with E-state index in [-0.39, 0.29) is 18.6 Å². The zero-order valence-corrected chi connectivity index (χ0v) is 19.3. The number of aryl methyl sites for hydroxylation is 2. The van der Waals surface area contributed by atoms with Crippen LogP contribution in [-0.2, 0) is 18.4 Å². The van der Waals surface area contributed by atoms with Crippen molar-refractivity contribution in [2.24, 2.45) is 13.0 Å². The SMILES string of the molecule is Cc1nc(-c2nnn(C)c2COc2nccc(C3CC3)n2)ccc1O[C@H]1CCC[C@H](C(=O)O)C1. The Balaban J connectivity index is 1.29. The highest BCUT2D eigenvalue weighted by Crippen LogP contribution is 2.39. The molecule has 0 amide bonds. The number of hydrogen-bond donors (Lipinski definition) is 1. The lowest BCUT2D eigenvalue weighted by Gasteiger charge is -2.27. The van der Waals surface area contributed by atoms with Crippen LogP contribution in [-0.4, -0.2) is 47.1 Å². The molecule has 3 aromatic heterocycles. The van der Waals surface area contributed by atoms with Crippen molar-refractivity contribution >= 4 is 5.97 Å². The molecule has 0 unspecified atom stereocenters. The number of aromatic nitrogens is 6. The minimum Gasteiger partial charge on any atom is -0.489 e. The number of aliphatic carboxylic acids is 1. The summed E-state index contributed by atoms with van der Waals surface area (Å²) >= 11 is 0. The smallest absolute Gasteiger partial charge is 0.316 e. The van der Waals surface area contributed by atoms with Crippen LogP contribution in [0.5, 0.6) is 11.8 Å². The first-order valence-corrected chi connectivity index (χ1v) is 11.7. The van der Waals surface area contributed by atoms with Crippen molar-refractivity contribution in [3.63, 3.8) is 0 Å². The average Bonchev–Trinajstić information content (AvgIpc) is 3.62. The van der Waals surface area contributed by atoms with Gasteiger partial charge in [-0.3, -0.25) is 4.79 Å². The van der Waals surface area contributed by atoms with Gasteiger partial charge in [-0.15, -0.1) is 5.10 Å². The second kappa shape index (κ2) is 9.36. The van der Waals surface area contributed by atoms with Gasteiger partial charge in [0.05, 0.1) is 29.1 Å². The van der Waals surface area contributed by atoms with Crippen molar-refractivity contribution in [3.05, 3.63) is 41.5 Å². The molecule has 3 heterocycles. The third kappa shape index (κ3) is 4.85. The lowest BCUT2D eigenvalue weighted by molar-refractivity contribution is -0.143. The van der Waals surface area contributed by atoms with Gasteiger partial charge in [-0.25, -0.2) is 14.6 Å². The Morgan fingerprint density at radius 1 is 1.18 bits per heavy atom. The maximum absolute atomic E-state index is 11.3. The molecular weight excluding hydrogens is 436 g/mol. The first-order chi connectivity index (χ1) is 16.5. The number of carbonyl (C=O) groups is 1. The normalized spacial score (nSPS) is 20.2. The van der Waals surface area contributed by atoms with Crippen LogP contribution in [0.1, 0.15) is 61.5 Å². The van der Waals surface area contributed by atoms with Crippen molar-refractivity contribution in [3.8, 4) is 23.1 Å². The fraction of sp³-hybridized carbons (Fsp3) is 0.500. The van der Waals surface area contributed by atoms with Crippen LogP contribution >= 0.6 is 0 Å². The van der Waals surface area contributed by atoms with E-state index in [1.807, 2.05) is 32.2 Å². The zero-order chi connectivity index (χ0) is 23.7. The third-order valence-electron chi connectivity index (χ3n) is 6.48. The van der Waals surface area contributed by atoms with E-state index >= 15 is 0 Å². The molecule has 2 saturated carbocycles. The average molecular weight is 465 g/mol. The Labute approximate surface area is 197 Å². The zero-order valence-electron chi connectivity index (χ0n) is 19.3. The number of pyridine rings is 1. The quantitative estimate of drug-likeness (QED) is 0.533. The molecule has 3 aromatic rings. The van der Waals surface area contributed by atoms with Gasteiger partial charge < -0.3 is 14.6 Å². The Hall–Kier alpha value is -3.56. The number of ether oxygens (including phenoxy) is 2. The summed E-state index contributed by atoms with van der Waals surface area (Å²) in [6, 6.07) is 5.99. The molecule has 1 N–H and O–H groups in total. The second-order valence-electron chi connectivity index (χ2n) is 9.06. The van der Waals surface area contributed by atoms with Gasteiger partial charge in [0, 0.05) is 19.2 Å².